The molecule has 3 aromatic rings. The van der Waals surface area contributed by atoms with Crippen LogP contribution in [0.3, 0.4) is 0 Å². The highest BCUT2D eigenvalue weighted by Gasteiger charge is 2.10. The van der Waals surface area contributed by atoms with E-state index in [4.69, 9.17) is 0 Å². The molecule has 0 unspecified atom stereocenters. The summed E-state index contributed by atoms with van der Waals surface area (Å²) < 4.78 is 1.91. The molecule has 0 aliphatic carbocycles. The van der Waals surface area contributed by atoms with E-state index in [1.807, 2.05) is 35.2 Å². The molecule has 0 atom stereocenters. The van der Waals surface area contributed by atoms with Crippen LogP contribution in [0, 0.1) is 6.92 Å². The maximum absolute atomic E-state index is 12.2. The van der Waals surface area contributed by atoms with Gasteiger partial charge in [0.1, 0.15) is 11.6 Å². The van der Waals surface area contributed by atoms with Crippen LogP contribution in [0.4, 0.5) is 0 Å². The van der Waals surface area contributed by atoms with Crippen molar-refractivity contribution in [2.75, 3.05) is 0 Å². The first-order valence-electron chi connectivity index (χ1n) is 8.19. The number of rotatable bonds is 6. The highest BCUT2D eigenvalue weighted by atomic mass is 32.1. The lowest BCUT2D eigenvalue weighted by Gasteiger charge is -2.08. The molecule has 6 nitrogen and oxygen atoms in total. The number of hydrogen-bond acceptors (Lipinski definition) is 5. The smallest absolute Gasteiger partial charge is 0.226 e. The lowest BCUT2D eigenvalue weighted by atomic mass is 10.2. The average Bonchev–Trinajstić information content (AvgIpc) is 3.22. The van der Waals surface area contributed by atoms with Gasteiger partial charge in [0.2, 0.25) is 5.91 Å². The Morgan fingerprint density at radius 1 is 1.32 bits per heavy atom. The number of nitrogens with one attached hydrogen (secondary N) is 1. The van der Waals surface area contributed by atoms with Crippen LogP contribution in [0.25, 0.3) is 5.82 Å². The van der Waals surface area contributed by atoms with E-state index in [1.165, 1.54) is 0 Å². The van der Waals surface area contributed by atoms with Crippen LogP contribution in [0.15, 0.2) is 36.1 Å². The number of carbonyl (C=O) groups is 1. The van der Waals surface area contributed by atoms with Gasteiger partial charge in [0, 0.05) is 36.4 Å². The highest BCUT2D eigenvalue weighted by molar-refractivity contribution is 7.09. The van der Waals surface area contributed by atoms with Crippen molar-refractivity contribution in [1.82, 2.24) is 24.8 Å². The van der Waals surface area contributed by atoms with Crippen LogP contribution in [-0.2, 0) is 17.8 Å². The van der Waals surface area contributed by atoms with Crippen LogP contribution in [0.2, 0.25) is 0 Å². The molecule has 3 heterocycles. The van der Waals surface area contributed by atoms with E-state index < -0.39 is 0 Å². The Morgan fingerprint density at radius 2 is 2.16 bits per heavy atom. The number of carbonyl (C=O) groups excluding carboxylic acids is 1. The molecule has 3 aromatic heterocycles. The first-order chi connectivity index (χ1) is 12.0. The Balaban J connectivity index is 1.59. The van der Waals surface area contributed by atoms with E-state index in [0.29, 0.717) is 18.9 Å². The van der Waals surface area contributed by atoms with Crippen LogP contribution in [0.5, 0.6) is 0 Å². The summed E-state index contributed by atoms with van der Waals surface area (Å²) in [4.78, 5) is 25.2. The molecule has 1 amide bonds. The zero-order valence-electron chi connectivity index (χ0n) is 14.6. The highest BCUT2D eigenvalue weighted by Crippen LogP contribution is 2.19. The summed E-state index contributed by atoms with van der Waals surface area (Å²) in [5.41, 5.74) is 1.82. The number of imidazole rings is 1. The number of aryl methyl sites for hydroxylation is 1. The number of hydrogen-bond donors (Lipinski definition) is 1. The Hall–Kier alpha value is -2.54. The first kappa shape index (κ1) is 17.3. The second-order valence-corrected chi connectivity index (χ2v) is 7.04. The van der Waals surface area contributed by atoms with Gasteiger partial charge in [0.15, 0.2) is 0 Å². The maximum atomic E-state index is 12.2. The van der Waals surface area contributed by atoms with Crippen molar-refractivity contribution in [3.05, 3.63) is 58.2 Å². The van der Waals surface area contributed by atoms with Gasteiger partial charge in [0.25, 0.3) is 0 Å². The number of aromatic nitrogens is 4. The molecule has 0 saturated heterocycles. The molecule has 0 fully saturated rings. The minimum atomic E-state index is -0.0298. The van der Waals surface area contributed by atoms with Crippen molar-refractivity contribution in [3.8, 4) is 5.82 Å². The molecule has 0 bridgehead atoms. The van der Waals surface area contributed by atoms with Gasteiger partial charge in [-0.3, -0.25) is 9.36 Å². The van der Waals surface area contributed by atoms with Crippen molar-refractivity contribution in [2.45, 2.75) is 39.7 Å². The quantitative estimate of drug-likeness (QED) is 0.738. The van der Waals surface area contributed by atoms with Crippen LogP contribution < -0.4 is 5.32 Å². The Bertz CT molecular complexity index is 868. The van der Waals surface area contributed by atoms with E-state index in [1.54, 1.807) is 23.7 Å². The van der Waals surface area contributed by atoms with Crippen LogP contribution in [-0.4, -0.2) is 25.4 Å². The summed E-state index contributed by atoms with van der Waals surface area (Å²) in [6.07, 6.45) is 5.66. The fraction of sp³-hybridized carbons (Fsp3) is 0.333. The van der Waals surface area contributed by atoms with E-state index >= 15 is 0 Å². The van der Waals surface area contributed by atoms with Gasteiger partial charge in [0.05, 0.1) is 17.1 Å². The number of pyridine rings is 1. The lowest BCUT2D eigenvalue weighted by molar-refractivity contribution is -0.120. The fourth-order valence-electron chi connectivity index (χ4n) is 2.42. The average molecular weight is 355 g/mol. The van der Waals surface area contributed by atoms with E-state index in [0.717, 1.165) is 27.9 Å². The molecule has 130 valence electrons. The molecule has 0 aliphatic heterocycles. The molecule has 3 rings (SSSR count). The summed E-state index contributed by atoms with van der Waals surface area (Å²) in [7, 11) is 0. The normalized spacial score (nSPS) is 11.0. The molecule has 0 spiro atoms. The monoisotopic (exact) mass is 355 g/mol. The predicted molar refractivity (Wildman–Crippen MR) is 97.8 cm³/mol. The molecule has 0 radical (unpaired) electrons. The van der Waals surface area contributed by atoms with Gasteiger partial charge in [-0.25, -0.2) is 15.0 Å². The van der Waals surface area contributed by atoms with Crippen molar-refractivity contribution < 1.29 is 4.79 Å². The van der Waals surface area contributed by atoms with Gasteiger partial charge < -0.3 is 5.32 Å². The van der Waals surface area contributed by atoms with Crippen molar-refractivity contribution in [3.63, 3.8) is 0 Å². The standard InChI is InChI=1S/C18H21N5OS/c1-12(2)18-22-15(11-25-18)9-17(24)21-10-14-4-5-20-16(8-14)23-7-6-19-13(23)3/h4-8,11-12H,9-10H2,1-3H3,(H,21,24). The van der Waals surface area contributed by atoms with E-state index in [2.05, 4.69) is 34.1 Å². The summed E-state index contributed by atoms with van der Waals surface area (Å²) in [5.74, 6) is 2.03. The van der Waals surface area contributed by atoms with Gasteiger partial charge >= 0.3 is 0 Å². The topological polar surface area (TPSA) is 72.7 Å². The molecular formula is C18H21N5OS. The fourth-order valence-corrected chi connectivity index (χ4v) is 3.25. The predicted octanol–water partition coefficient (Wildman–Crippen LogP) is 3.01. The molecule has 25 heavy (non-hydrogen) atoms. The van der Waals surface area contributed by atoms with E-state index in [-0.39, 0.29) is 5.91 Å². The summed E-state index contributed by atoms with van der Waals surface area (Å²) in [6.45, 7) is 6.59. The van der Waals surface area contributed by atoms with Crippen LogP contribution in [0.1, 0.15) is 41.9 Å². The molecule has 7 heteroatoms. The Labute approximate surface area is 151 Å². The molecule has 1 N–H and O–H groups in total. The van der Waals surface area contributed by atoms with Gasteiger partial charge in [-0.15, -0.1) is 11.3 Å². The first-order valence-corrected chi connectivity index (χ1v) is 9.07. The van der Waals surface area contributed by atoms with E-state index in [9.17, 15) is 4.79 Å². The molecule has 0 saturated carbocycles. The Morgan fingerprint density at radius 3 is 2.84 bits per heavy atom. The summed E-state index contributed by atoms with van der Waals surface area (Å²) in [6, 6.07) is 3.85. The van der Waals surface area contributed by atoms with Gasteiger partial charge in [-0.05, 0) is 24.6 Å². The van der Waals surface area contributed by atoms with Gasteiger partial charge in [-0.1, -0.05) is 13.8 Å². The van der Waals surface area contributed by atoms with Crippen molar-refractivity contribution >= 4 is 17.2 Å². The Kier molecular flexibility index (Phi) is 5.23. The molecule has 0 aromatic carbocycles. The molecule has 0 aliphatic rings. The largest absolute Gasteiger partial charge is 0.352 e. The third-order valence-electron chi connectivity index (χ3n) is 3.78. The second-order valence-electron chi connectivity index (χ2n) is 6.15. The van der Waals surface area contributed by atoms with Crippen LogP contribution >= 0.6 is 11.3 Å². The lowest BCUT2D eigenvalue weighted by Crippen LogP contribution is -2.24. The number of thiazole rings is 1. The molecular weight excluding hydrogens is 334 g/mol. The summed E-state index contributed by atoms with van der Waals surface area (Å²) in [5, 5.41) is 5.97. The SMILES string of the molecule is Cc1nccn1-c1cc(CNC(=O)Cc2csc(C(C)C)n2)ccn1. The third kappa shape index (κ3) is 4.30. The summed E-state index contributed by atoms with van der Waals surface area (Å²) >= 11 is 1.61. The third-order valence-corrected chi connectivity index (χ3v) is 4.97. The minimum Gasteiger partial charge on any atom is -0.352 e. The number of amides is 1. The maximum Gasteiger partial charge on any atom is 0.226 e. The minimum absolute atomic E-state index is 0.0298. The second kappa shape index (κ2) is 7.57. The number of nitrogens with zero attached hydrogens (tertiary/aromatic N) is 4. The van der Waals surface area contributed by atoms with Gasteiger partial charge in [-0.2, -0.15) is 0 Å². The zero-order chi connectivity index (χ0) is 17.8. The van der Waals surface area contributed by atoms with Crippen molar-refractivity contribution in [2.24, 2.45) is 0 Å². The zero-order valence-corrected chi connectivity index (χ0v) is 15.4. The van der Waals surface area contributed by atoms with Crippen molar-refractivity contribution in [1.29, 1.82) is 0 Å².